The van der Waals surface area contributed by atoms with Gasteiger partial charge in [0.2, 0.25) is 0 Å². The number of hydrogen-bond donors (Lipinski definition) is 0. The smallest absolute Gasteiger partial charge is 0.333 e. The molecule has 0 saturated heterocycles. The molecule has 0 bridgehead atoms. The molecule has 0 atom stereocenters. The lowest BCUT2D eigenvalue weighted by Crippen LogP contribution is -2.06. The monoisotopic (exact) mass is 240 g/mol. The highest BCUT2D eigenvalue weighted by atomic mass is 19.1. The maximum atomic E-state index is 13.0. The summed E-state index contributed by atoms with van der Waals surface area (Å²) < 4.78 is 30.9. The van der Waals surface area contributed by atoms with Crippen LogP contribution < -0.4 is 0 Å². The van der Waals surface area contributed by atoms with Gasteiger partial charge in [0.15, 0.2) is 0 Å². The lowest BCUT2D eigenvalue weighted by atomic mass is 10.0. The molecule has 0 heterocycles. The maximum Gasteiger partial charge on any atom is 0.333 e. The molecule has 0 saturated carbocycles. The van der Waals surface area contributed by atoms with E-state index in [1.54, 1.807) is 20.8 Å². The van der Waals surface area contributed by atoms with Crippen molar-refractivity contribution in [3.8, 4) is 0 Å². The Morgan fingerprint density at radius 2 is 1.71 bits per heavy atom. The Bertz CT molecular complexity index is 444. The normalized spacial score (nSPS) is 12.1. The first-order valence-electron chi connectivity index (χ1n) is 5.26. The van der Waals surface area contributed by atoms with Crippen molar-refractivity contribution in [1.29, 1.82) is 0 Å². The Balaban J connectivity index is 3.13. The second-order valence-electron chi connectivity index (χ2n) is 3.63. The molecule has 0 amide bonds. The number of rotatable bonds is 3. The highest BCUT2D eigenvalue weighted by Gasteiger charge is 2.11. The van der Waals surface area contributed by atoms with Gasteiger partial charge in [-0.1, -0.05) is 0 Å². The Labute approximate surface area is 98.9 Å². The van der Waals surface area contributed by atoms with Crippen molar-refractivity contribution in [3.05, 3.63) is 41.0 Å². The van der Waals surface area contributed by atoms with Crippen LogP contribution in [0.5, 0.6) is 0 Å². The maximum absolute atomic E-state index is 13.0. The standard InChI is InChI=1S/C13H14F2O2/c1-4-17-13(16)9(3)8(2)10-5-11(14)7-12(15)6-10/h5-7H,4H2,1-3H3/b9-8-. The second kappa shape index (κ2) is 5.57. The minimum atomic E-state index is -0.670. The molecule has 1 rings (SSSR count). The molecule has 1 aromatic carbocycles. The predicted octanol–water partition coefficient (Wildman–Crippen LogP) is 3.32. The topological polar surface area (TPSA) is 26.3 Å². The second-order valence-corrected chi connectivity index (χ2v) is 3.63. The molecule has 0 radical (unpaired) electrons. The van der Waals surface area contributed by atoms with Crippen molar-refractivity contribution in [2.75, 3.05) is 6.61 Å². The fraction of sp³-hybridized carbons (Fsp3) is 0.308. The van der Waals surface area contributed by atoms with Crippen molar-refractivity contribution in [1.82, 2.24) is 0 Å². The summed E-state index contributed by atoms with van der Waals surface area (Å²) >= 11 is 0. The average molecular weight is 240 g/mol. The molecule has 0 aliphatic carbocycles. The molecule has 0 N–H and O–H groups in total. The van der Waals surface area contributed by atoms with Gasteiger partial charge in [0.05, 0.1) is 6.61 Å². The van der Waals surface area contributed by atoms with Crippen LogP contribution in [0.4, 0.5) is 8.78 Å². The third-order valence-corrected chi connectivity index (χ3v) is 2.44. The quantitative estimate of drug-likeness (QED) is 0.598. The fourth-order valence-electron chi connectivity index (χ4n) is 1.38. The number of carbonyl (C=O) groups is 1. The van der Waals surface area contributed by atoms with Crippen molar-refractivity contribution < 1.29 is 18.3 Å². The molecule has 1 aromatic rings. The van der Waals surface area contributed by atoms with E-state index in [1.165, 1.54) is 12.1 Å². The highest BCUT2D eigenvalue weighted by molar-refractivity contribution is 5.96. The summed E-state index contributed by atoms with van der Waals surface area (Å²) in [5.41, 5.74) is 1.19. The van der Waals surface area contributed by atoms with Crippen LogP contribution in [0.15, 0.2) is 23.8 Å². The van der Waals surface area contributed by atoms with Crippen LogP contribution >= 0.6 is 0 Å². The van der Waals surface area contributed by atoms with E-state index >= 15 is 0 Å². The van der Waals surface area contributed by atoms with E-state index in [0.29, 0.717) is 16.7 Å². The summed E-state index contributed by atoms with van der Waals surface area (Å²) in [6.07, 6.45) is 0. The van der Waals surface area contributed by atoms with E-state index in [1.807, 2.05) is 0 Å². The highest BCUT2D eigenvalue weighted by Crippen LogP contribution is 2.21. The molecule has 4 heteroatoms. The molecule has 17 heavy (non-hydrogen) atoms. The summed E-state index contributed by atoms with van der Waals surface area (Å²) in [6.45, 7) is 5.15. The van der Waals surface area contributed by atoms with Crippen LogP contribution in [0.1, 0.15) is 26.3 Å². The first kappa shape index (κ1) is 13.4. The minimum Gasteiger partial charge on any atom is -0.463 e. The van der Waals surface area contributed by atoms with Gasteiger partial charge in [0.1, 0.15) is 11.6 Å². The SMILES string of the molecule is CCOC(=O)/C(C)=C(/C)c1cc(F)cc(F)c1. The Morgan fingerprint density at radius 3 is 2.18 bits per heavy atom. The van der Waals surface area contributed by atoms with E-state index < -0.39 is 17.6 Å². The van der Waals surface area contributed by atoms with Gasteiger partial charge < -0.3 is 4.74 Å². The molecule has 0 spiro atoms. The molecule has 0 unspecified atom stereocenters. The van der Waals surface area contributed by atoms with E-state index in [4.69, 9.17) is 4.74 Å². The lowest BCUT2D eigenvalue weighted by molar-refractivity contribution is -0.138. The van der Waals surface area contributed by atoms with Gasteiger partial charge in [-0.05, 0) is 44.0 Å². The third kappa shape index (κ3) is 3.37. The summed E-state index contributed by atoms with van der Waals surface area (Å²) in [5, 5.41) is 0. The van der Waals surface area contributed by atoms with Gasteiger partial charge >= 0.3 is 5.97 Å². The van der Waals surface area contributed by atoms with Gasteiger partial charge in [0, 0.05) is 11.6 Å². The van der Waals surface area contributed by atoms with E-state index in [9.17, 15) is 13.6 Å². The molecule has 0 aliphatic heterocycles. The minimum absolute atomic E-state index is 0.265. The molecule has 92 valence electrons. The summed E-state index contributed by atoms with van der Waals surface area (Å²) in [7, 11) is 0. The molecule has 2 nitrogen and oxygen atoms in total. The lowest BCUT2D eigenvalue weighted by Gasteiger charge is -2.08. The van der Waals surface area contributed by atoms with E-state index in [2.05, 4.69) is 0 Å². The van der Waals surface area contributed by atoms with Crippen LogP contribution in [0, 0.1) is 11.6 Å². The number of esters is 1. The Hall–Kier alpha value is -1.71. The van der Waals surface area contributed by atoms with E-state index in [0.717, 1.165) is 6.07 Å². The van der Waals surface area contributed by atoms with E-state index in [-0.39, 0.29) is 6.61 Å². The third-order valence-electron chi connectivity index (χ3n) is 2.44. The zero-order chi connectivity index (χ0) is 13.0. The van der Waals surface area contributed by atoms with Crippen LogP contribution in [-0.4, -0.2) is 12.6 Å². The van der Waals surface area contributed by atoms with Crippen LogP contribution in [-0.2, 0) is 9.53 Å². The summed E-state index contributed by atoms with van der Waals surface area (Å²) in [5.74, 6) is -1.82. The fourth-order valence-corrected chi connectivity index (χ4v) is 1.38. The predicted molar refractivity (Wildman–Crippen MR) is 61.3 cm³/mol. The largest absolute Gasteiger partial charge is 0.463 e. The molecule has 0 fully saturated rings. The van der Waals surface area contributed by atoms with Gasteiger partial charge in [0.25, 0.3) is 0 Å². The van der Waals surface area contributed by atoms with Gasteiger partial charge in [-0.2, -0.15) is 0 Å². The van der Waals surface area contributed by atoms with Crippen LogP contribution in [0.25, 0.3) is 5.57 Å². The van der Waals surface area contributed by atoms with Gasteiger partial charge in [-0.25, -0.2) is 13.6 Å². The van der Waals surface area contributed by atoms with Crippen molar-refractivity contribution >= 4 is 11.5 Å². The number of benzene rings is 1. The van der Waals surface area contributed by atoms with Crippen molar-refractivity contribution in [2.45, 2.75) is 20.8 Å². The number of halogens is 2. The number of hydrogen-bond acceptors (Lipinski definition) is 2. The van der Waals surface area contributed by atoms with Gasteiger partial charge in [-0.15, -0.1) is 0 Å². The molecule has 0 aliphatic rings. The van der Waals surface area contributed by atoms with Crippen molar-refractivity contribution in [3.63, 3.8) is 0 Å². The zero-order valence-corrected chi connectivity index (χ0v) is 10.0. The number of allylic oxidation sites excluding steroid dienone is 1. The first-order valence-corrected chi connectivity index (χ1v) is 5.26. The van der Waals surface area contributed by atoms with Crippen LogP contribution in [0.2, 0.25) is 0 Å². The average Bonchev–Trinajstić information content (AvgIpc) is 2.26. The molecule has 0 aromatic heterocycles. The van der Waals surface area contributed by atoms with Gasteiger partial charge in [-0.3, -0.25) is 0 Å². The summed E-state index contributed by atoms with van der Waals surface area (Å²) in [6, 6.07) is 3.15. The number of carbonyl (C=O) groups excluding carboxylic acids is 1. The molecular weight excluding hydrogens is 226 g/mol. The zero-order valence-electron chi connectivity index (χ0n) is 10.0. The summed E-state index contributed by atoms with van der Waals surface area (Å²) in [4.78, 5) is 11.5. The Morgan fingerprint density at radius 1 is 1.18 bits per heavy atom. The Kier molecular flexibility index (Phi) is 4.37. The van der Waals surface area contributed by atoms with Crippen LogP contribution in [0.3, 0.4) is 0 Å². The number of ether oxygens (including phenoxy) is 1. The molecular formula is C13H14F2O2. The first-order chi connectivity index (χ1) is 7.95. The van der Waals surface area contributed by atoms with Crippen molar-refractivity contribution in [2.24, 2.45) is 0 Å².